The number of nitrogens with two attached hydrogens (primary N) is 1. The zero-order valence-electron chi connectivity index (χ0n) is 10.5. The molecule has 0 aromatic heterocycles. The first-order valence-electron chi connectivity index (χ1n) is 5.72. The van der Waals surface area contributed by atoms with E-state index >= 15 is 0 Å². The number of nitrogens with zero attached hydrogens (tertiary/aromatic N) is 1. The van der Waals surface area contributed by atoms with E-state index in [0.717, 1.165) is 31.7 Å². The number of methoxy groups -OCH3 is 1. The molecule has 94 valence electrons. The molecule has 0 unspecified atom stereocenters. The Morgan fingerprint density at radius 1 is 1.41 bits per heavy atom. The predicted molar refractivity (Wildman–Crippen MR) is 75.3 cm³/mol. The summed E-state index contributed by atoms with van der Waals surface area (Å²) in [5.41, 5.74) is 6.67. The van der Waals surface area contributed by atoms with Gasteiger partial charge in [0.2, 0.25) is 0 Å². The van der Waals surface area contributed by atoms with Crippen LogP contribution in [-0.2, 0) is 6.54 Å². The highest BCUT2D eigenvalue weighted by Gasteiger charge is 2.05. The van der Waals surface area contributed by atoms with Crippen molar-refractivity contribution in [2.45, 2.75) is 19.4 Å². The van der Waals surface area contributed by atoms with Gasteiger partial charge in [0, 0.05) is 12.1 Å². The number of benzene rings is 1. The lowest BCUT2D eigenvalue weighted by Gasteiger charge is -2.18. The molecule has 0 spiro atoms. The molecule has 0 saturated carbocycles. The minimum absolute atomic E-state index is 0.593. The Morgan fingerprint density at radius 2 is 2.12 bits per heavy atom. The molecule has 0 aliphatic heterocycles. The van der Waals surface area contributed by atoms with Gasteiger partial charge in [0.1, 0.15) is 5.75 Å². The molecular formula is C13H20N2OS. The van der Waals surface area contributed by atoms with Gasteiger partial charge in [-0.15, -0.1) is 0 Å². The van der Waals surface area contributed by atoms with E-state index in [9.17, 15) is 0 Å². The largest absolute Gasteiger partial charge is 0.496 e. The molecule has 0 radical (unpaired) electrons. The van der Waals surface area contributed by atoms with E-state index in [1.54, 1.807) is 7.11 Å². The lowest BCUT2D eigenvalue weighted by molar-refractivity contribution is 0.315. The highest BCUT2D eigenvalue weighted by atomic mass is 32.1. The third kappa shape index (κ3) is 5.15. The third-order valence-electron chi connectivity index (χ3n) is 2.60. The molecule has 3 nitrogen and oxygen atoms in total. The maximum Gasteiger partial charge on any atom is 0.123 e. The molecule has 0 saturated heterocycles. The van der Waals surface area contributed by atoms with Crippen LogP contribution >= 0.6 is 12.2 Å². The van der Waals surface area contributed by atoms with Crippen LogP contribution in [0.2, 0.25) is 0 Å². The minimum atomic E-state index is 0.593. The number of hydrogen-bond donors (Lipinski definition) is 1. The summed E-state index contributed by atoms with van der Waals surface area (Å²) < 4.78 is 5.32. The molecule has 4 heteroatoms. The van der Waals surface area contributed by atoms with Gasteiger partial charge in [-0.3, -0.25) is 0 Å². The molecule has 0 bridgehead atoms. The summed E-state index contributed by atoms with van der Waals surface area (Å²) in [5, 5.41) is 0. The van der Waals surface area contributed by atoms with Gasteiger partial charge in [0.05, 0.1) is 12.1 Å². The van der Waals surface area contributed by atoms with Crippen molar-refractivity contribution in [2.24, 2.45) is 5.73 Å². The Labute approximate surface area is 109 Å². The maximum absolute atomic E-state index is 5.47. The standard InChI is InChI=1S/C13H20N2OS/c1-15(9-5-8-13(14)17)10-11-6-3-4-7-12(11)16-2/h3-4,6-7H,5,8-10H2,1-2H3,(H2,14,17). The van der Waals surface area contributed by atoms with Gasteiger partial charge in [-0.25, -0.2) is 0 Å². The third-order valence-corrected chi connectivity index (χ3v) is 2.80. The molecule has 0 heterocycles. The molecule has 1 aromatic carbocycles. The summed E-state index contributed by atoms with van der Waals surface area (Å²) in [6, 6.07) is 8.08. The van der Waals surface area contributed by atoms with Crippen LogP contribution in [-0.4, -0.2) is 30.6 Å². The van der Waals surface area contributed by atoms with Gasteiger partial charge in [0.15, 0.2) is 0 Å². The smallest absolute Gasteiger partial charge is 0.123 e. The molecule has 1 aromatic rings. The number of thiocarbonyl (C=S) groups is 1. The van der Waals surface area contributed by atoms with Crippen molar-refractivity contribution in [1.82, 2.24) is 4.90 Å². The SMILES string of the molecule is COc1ccccc1CN(C)CCCC(N)=S. The zero-order valence-corrected chi connectivity index (χ0v) is 11.3. The average molecular weight is 252 g/mol. The molecule has 0 fully saturated rings. The van der Waals surface area contributed by atoms with Crippen LogP contribution in [0.3, 0.4) is 0 Å². The summed E-state index contributed by atoms with van der Waals surface area (Å²) in [5.74, 6) is 0.939. The quantitative estimate of drug-likeness (QED) is 0.755. The highest BCUT2D eigenvalue weighted by molar-refractivity contribution is 7.80. The van der Waals surface area contributed by atoms with Crippen LogP contribution in [0.1, 0.15) is 18.4 Å². The molecule has 1 rings (SSSR count). The molecule has 0 atom stereocenters. The molecule has 0 aliphatic rings. The first-order valence-corrected chi connectivity index (χ1v) is 6.13. The first-order chi connectivity index (χ1) is 8.13. The zero-order chi connectivity index (χ0) is 12.7. The Morgan fingerprint density at radius 3 is 2.76 bits per heavy atom. The Bertz CT molecular complexity index is 368. The lowest BCUT2D eigenvalue weighted by atomic mass is 10.2. The van der Waals surface area contributed by atoms with Crippen molar-refractivity contribution in [3.8, 4) is 5.75 Å². The van der Waals surface area contributed by atoms with Crippen molar-refractivity contribution < 1.29 is 4.74 Å². The van der Waals surface area contributed by atoms with Crippen molar-refractivity contribution in [1.29, 1.82) is 0 Å². The maximum atomic E-state index is 5.47. The Hall–Kier alpha value is -1.13. The van der Waals surface area contributed by atoms with Crippen molar-refractivity contribution in [3.05, 3.63) is 29.8 Å². The summed E-state index contributed by atoms with van der Waals surface area (Å²) in [7, 11) is 3.79. The fourth-order valence-electron chi connectivity index (χ4n) is 1.73. The normalized spacial score (nSPS) is 10.5. The summed E-state index contributed by atoms with van der Waals surface area (Å²) in [6.45, 7) is 1.86. The van der Waals surface area contributed by atoms with Gasteiger partial charge in [-0.05, 0) is 32.5 Å². The summed E-state index contributed by atoms with van der Waals surface area (Å²) >= 11 is 4.86. The summed E-state index contributed by atoms with van der Waals surface area (Å²) in [6.07, 6.45) is 1.81. The summed E-state index contributed by atoms with van der Waals surface area (Å²) in [4.78, 5) is 2.84. The van der Waals surface area contributed by atoms with Crippen molar-refractivity contribution in [2.75, 3.05) is 20.7 Å². The van der Waals surface area contributed by atoms with Gasteiger partial charge in [0.25, 0.3) is 0 Å². The van der Waals surface area contributed by atoms with Crippen LogP contribution < -0.4 is 10.5 Å². The van der Waals surface area contributed by atoms with E-state index in [0.29, 0.717) is 4.99 Å². The fraction of sp³-hybridized carbons (Fsp3) is 0.462. The van der Waals surface area contributed by atoms with E-state index in [2.05, 4.69) is 18.0 Å². The average Bonchev–Trinajstić information content (AvgIpc) is 2.29. The Balaban J connectivity index is 2.44. The van der Waals surface area contributed by atoms with Crippen LogP contribution in [0.5, 0.6) is 5.75 Å². The monoisotopic (exact) mass is 252 g/mol. The van der Waals surface area contributed by atoms with Gasteiger partial charge < -0.3 is 15.4 Å². The van der Waals surface area contributed by atoms with E-state index in [4.69, 9.17) is 22.7 Å². The minimum Gasteiger partial charge on any atom is -0.496 e. The van der Waals surface area contributed by atoms with Crippen LogP contribution in [0.4, 0.5) is 0 Å². The molecule has 2 N–H and O–H groups in total. The van der Waals surface area contributed by atoms with E-state index in [1.807, 2.05) is 18.2 Å². The van der Waals surface area contributed by atoms with Gasteiger partial charge in [-0.1, -0.05) is 30.4 Å². The number of para-hydroxylation sites is 1. The molecular weight excluding hydrogens is 232 g/mol. The number of hydrogen-bond acceptors (Lipinski definition) is 3. The number of ether oxygens (including phenoxy) is 1. The fourth-order valence-corrected chi connectivity index (χ4v) is 1.87. The topological polar surface area (TPSA) is 38.5 Å². The first kappa shape index (κ1) is 13.9. The van der Waals surface area contributed by atoms with Crippen molar-refractivity contribution >= 4 is 17.2 Å². The van der Waals surface area contributed by atoms with Crippen LogP contribution in [0.25, 0.3) is 0 Å². The molecule has 0 amide bonds. The van der Waals surface area contributed by atoms with Gasteiger partial charge >= 0.3 is 0 Å². The van der Waals surface area contributed by atoms with E-state index < -0.39 is 0 Å². The van der Waals surface area contributed by atoms with E-state index in [1.165, 1.54) is 5.56 Å². The highest BCUT2D eigenvalue weighted by Crippen LogP contribution is 2.18. The second-order valence-corrected chi connectivity index (χ2v) is 4.64. The molecule has 0 aliphatic carbocycles. The lowest BCUT2D eigenvalue weighted by Crippen LogP contribution is -2.21. The van der Waals surface area contributed by atoms with Gasteiger partial charge in [-0.2, -0.15) is 0 Å². The van der Waals surface area contributed by atoms with Crippen LogP contribution in [0.15, 0.2) is 24.3 Å². The van der Waals surface area contributed by atoms with Crippen LogP contribution in [0, 0.1) is 0 Å². The van der Waals surface area contributed by atoms with E-state index in [-0.39, 0.29) is 0 Å². The molecule has 17 heavy (non-hydrogen) atoms. The number of rotatable bonds is 7. The predicted octanol–water partition coefficient (Wildman–Crippen LogP) is 2.19. The second kappa shape index (κ2) is 7.25. The second-order valence-electron chi connectivity index (χ2n) is 4.12. The Kier molecular flexibility index (Phi) is 5.94. The van der Waals surface area contributed by atoms with Crippen molar-refractivity contribution in [3.63, 3.8) is 0 Å².